The van der Waals surface area contributed by atoms with Gasteiger partial charge in [0.15, 0.2) is 11.9 Å². The van der Waals surface area contributed by atoms with Crippen molar-refractivity contribution >= 4 is 28.7 Å². The zero-order valence-electron chi connectivity index (χ0n) is 14.5. The number of nitro groups is 1. The number of pyridine rings is 1. The van der Waals surface area contributed by atoms with Crippen LogP contribution in [0.4, 0.5) is 17.2 Å². The number of imidazole rings is 1. The third-order valence-electron chi connectivity index (χ3n) is 4.31. The summed E-state index contributed by atoms with van der Waals surface area (Å²) in [5.74, 6) is 0.477. The van der Waals surface area contributed by atoms with Gasteiger partial charge in [-0.15, -0.1) is 0 Å². The minimum Gasteiger partial charge on any atom is -0.318 e. The average Bonchev–Trinajstić information content (AvgIpc) is 2.82. The van der Waals surface area contributed by atoms with Gasteiger partial charge in [0.2, 0.25) is 5.82 Å². The smallest absolute Gasteiger partial charge is 0.311 e. The summed E-state index contributed by atoms with van der Waals surface area (Å²) in [6.45, 7) is 7.26. The third kappa shape index (κ3) is 2.73. The Morgan fingerprint density at radius 1 is 1.16 bits per heavy atom. The van der Waals surface area contributed by atoms with Crippen molar-refractivity contribution in [1.29, 1.82) is 0 Å². The van der Waals surface area contributed by atoms with Gasteiger partial charge >= 0.3 is 11.6 Å². The van der Waals surface area contributed by atoms with Gasteiger partial charge in [-0.1, -0.05) is 18.2 Å². The van der Waals surface area contributed by atoms with Crippen molar-refractivity contribution < 1.29 is 14.3 Å². The summed E-state index contributed by atoms with van der Waals surface area (Å²) in [7, 11) is 0. The van der Waals surface area contributed by atoms with Gasteiger partial charge in [0.25, 0.3) is 5.65 Å². The van der Waals surface area contributed by atoms with Crippen molar-refractivity contribution in [3.63, 3.8) is 0 Å². The maximum Gasteiger partial charge on any atom is 0.311 e. The predicted octanol–water partition coefficient (Wildman–Crippen LogP) is 3.46. The minimum absolute atomic E-state index is 0.0391. The number of rotatable bonds is 3. The molecule has 2 aromatic heterocycles. The van der Waals surface area contributed by atoms with E-state index in [1.807, 2.05) is 39.0 Å². The van der Waals surface area contributed by atoms with E-state index < -0.39 is 4.92 Å². The molecule has 0 saturated heterocycles. The maximum atomic E-state index is 12.1. The lowest BCUT2D eigenvalue weighted by atomic mass is 10.1. The molecule has 0 aliphatic heterocycles. The van der Waals surface area contributed by atoms with Crippen LogP contribution in [0.2, 0.25) is 0 Å². The molecule has 0 atom stereocenters. The molecule has 7 heteroatoms. The molecular weight excluding hydrogens is 320 g/mol. The molecule has 1 aromatic carbocycles. The van der Waals surface area contributed by atoms with E-state index in [0.29, 0.717) is 17.2 Å². The van der Waals surface area contributed by atoms with E-state index in [0.717, 1.165) is 16.8 Å². The van der Waals surface area contributed by atoms with E-state index >= 15 is 0 Å². The van der Waals surface area contributed by atoms with E-state index in [-0.39, 0.29) is 11.6 Å². The topological polar surface area (TPSA) is 80.5 Å². The molecule has 0 spiro atoms. The Balaban J connectivity index is 2.29. The Labute approximate surface area is 144 Å². The van der Waals surface area contributed by atoms with E-state index in [2.05, 4.69) is 5.32 Å². The second kappa shape index (κ2) is 6.01. The van der Waals surface area contributed by atoms with E-state index in [4.69, 9.17) is 0 Å². The number of hydrogen-bond acceptors (Lipinski definition) is 4. The zero-order chi connectivity index (χ0) is 18.3. The van der Waals surface area contributed by atoms with Crippen LogP contribution in [0.15, 0.2) is 36.5 Å². The summed E-state index contributed by atoms with van der Waals surface area (Å²) in [6, 6.07) is 8.93. The number of carbonyl (C=O) groups is 1. The number of nitrogens with one attached hydrogen (secondary N) is 1. The highest BCUT2D eigenvalue weighted by molar-refractivity contribution is 5.72. The highest BCUT2D eigenvalue weighted by atomic mass is 16.6. The average molecular weight is 339 g/mol. The maximum absolute atomic E-state index is 12.1. The number of nitrogens with zero attached hydrogens (tertiary/aromatic N) is 3. The molecule has 25 heavy (non-hydrogen) atoms. The predicted molar refractivity (Wildman–Crippen MR) is 94.5 cm³/mol. The van der Waals surface area contributed by atoms with Gasteiger partial charge in [-0.05, 0) is 25.0 Å². The molecule has 128 valence electrons. The van der Waals surface area contributed by atoms with Gasteiger partial charge in [-0.3, -0.25) is 10.1 Å². The largest absolute Gasteiger partial charge is 0.318 e. The number of benzene rings is 1. The van der Waals surface area contributed by atoms with Crippen LogP contribution in [0.25, 0.3) is 5.65 Å². The quantitative estimate of drug-likeness (QED) is 0.450. The number of carbonyl (C=O) groups excluding carboxylic acids is 1. The van der Waals surface area contributed by atoms with Crippen LogP contribution in [0.5, 0.6) is 0 Å². The summed E-state index contributed by atoms with van der Waals surface area (Å²) >= 11 is 0. The van der Waals surface area contributed by atoms with Gasteiger partial charge in [0.05, 0.1) is 4.92 Å². The first-order valence-corrected chi connectivity index (χ1v) is 7.86. The van der Waals surface area contributed by atoms with Crippen LogP contribution >= 0.6 is 0 Å². The second-order valence-corrected chi connectivity index (χ2v) is 6.05. The summed E-state index contributed by atoms with van der Waals surface area (Å²) in [5.41, 5.74) is 4.25. The number of fused-ring (bicyclic) bond motifs is 1. The molecule has 0 unspecified atom stereocenters. The fourth-order valence-corrected chi connectivity index (χ4v) is 3.08. The van der Waals surface area contributed by atoms with Crippen molar-refractivity contribution in [2.24, 2.45) is 0 Å². The fourth-order valence-electron chi connectivity index (χ4n) is 3.08. The molecule has 0 aliphatic carbocycles. The lowest BCUT2D eigenvalue weighted by molar-refractivity contribution is -0.550. The van der Waals surface area contributed by atoms with Gasteiger partial charge in [-0.25, -0.2) is 4.79 Å². The monoisotopic (exact) mass is 339 g/mol. The highest BCUT2D eigenvalue weighted by Crippen LogP contribution is 2.27. The fraction of sp³-hybridized carbons (Fsp3) is 0.222. The molecule has 0 amide bonds. The normalized spacial score (nSPS) is 10.9. The van der Waals surface area contributed by atoms with Gasteiger partial charge in [0.1, 0.15) is 0 Å². The number of anilines is 2. The van der Waals surface area contributed by atoms with Crippen molar-refractivity contribution in [2.75, 3.05) is 5.32 Å². The van der Waals surface area contributed by atoms with Crippen LogP contribution in [-0.2, 0) is 0 Å². The number of para-hydroxylation sites is 1. The summed E-state index contributed by atoms with van der Waals surface area (Å²) in [6.07, 6.45) is 1.43. The number of aryl methyl sites for hydroxylation is 2. The molecule has 0 aliphatic rings. The summed E-state index contributed by atoms with van der Waals surface area (Å²) in [4.78, 5) is 22.8. The summed E-state index contributed by atoms with van der Waals surface area (Å²) < 4.78 is 3.19. The molecule has 3 rings (SSSR count). The molecule has 3 aromatic rings. The van der Waals surface area contributed by atoms with Crippen molar-refractivity contribution in [3.05, 3.63) is 63.5 Å². The Kier molecular flexibility index (Phi) is 4.00. The molecule has 7 nitrogen and oxygen atoms in total. The van der Waals surface area contributed by atoms with Crippen molar-refractivity contribution in [1.82, 2.24) is 4.40 Å². The molecule has 0 saturated carbocycles. The first-order chi connectivity index (χ1) is 11.8. The lowest BCUT2D eigenvalue weighted by Crippen LogP contribution is -2.42. The number of hydrogen-bond donors (Lipinski definition) is 1. The minimum atomic E-state index is -0.449. The molecule has 0 fully saturated rings. The molecule has 0 bridgehead atoms. The Bertz CT molecular complexity index is 1000. The molecule has 0 radical (unpaired) electrons. The first-order valence-electron chi connectivity index (χ1n) is 7.86. The van der Waals surface area contributed by atoms with Crippen LogP contribution in [0.3, 0.4) is 0 Å². The van der Waals surface area contributed by atoms with E-state index in [1.165, 1.54) is 19.2 Å². The standard InChI is InChI=1S/C18H19N4O3/c1-11-6-5-7-12(2)17(11)19-18-13(3)21(14(4)23)16-9-8-15(22(24)25)10-20(16)18/h5-10,19H,1-4H3/q+1. The zero-order valence-corrected chi connectivity index (χ0v) is 14.5. The third-order valence-corrected chi connectivity index (χ3v) is 4.31. The van der Waals surface area contributed by atoms with E-state index in [1.54, 1.807) is 15.0 Å². The van der Waals surface area contributed by atoms with Gasteiger partial charge < -0.3 is 5.32 Å². The Morgan fingerprint density at radius 3 is 2.36 bits per heavy atom. The Morgan fingerprint density at radius 2 is 1.80 bits per heavy atom. The van der Waals surface area contributed by atoms with Crippen molar-refractivity contribution in [3.8, 4) is 0 Å². The van der Waals surface area contributed by atoms with Gasteiger partial charge in [-0.2, -0.15) is 8.97 Å². The molecular formula is C18H19N4O3+. The van der Waals surface area contributed by atoms with Crippen LogP contribution in [-0.4, -0.2) is 15.2 Å². The number of aromatic nitrogens is 2. The highest BCUT2D eigenvalue weighted by Gasteiger charge is 2.28. The molecule has 2 heterocycles. The summed E-state index contributed by atoms with van der Waals surface area (Å²) in [5, 5.41) is 14.5. The van der Waals surface area contributed by atoms with Gasteiger partial charge in [0, 0.05) is 31.7 Å². The SMILES string of the molecule is CC(=O)[n+]1c(C)c(Nc2c(C)cccc2C)n2cc([N+](=O)[O-])ccc21. The van der Waals surface area contributed by atoms with Crippen LogP contribution in [0.1, 0.15) is 28.5 Å². The first kappa shape index (κ1) is 16.6. The van der Waals surface area contributed by atoms with Crippen LogP contribution in [0, 0.1) is 30.9 Å². The van der Waals surface area contributed by atoms with Crippen molar-refractivity contribution in [2.45, 2.75) is 27.7 Å². The molecule has 1 N–H and O–H groups in total. The van der Waals surface area contributed by atoms with E-state index in [9.17, 15) is 14.9 Å². The Hall–Kier alpha value is -3.22. The second-order valence-electron chi connectivity index (χ2n) is 6.05. The lowest BCUT2D eigenvalue weighted by Gasteiger charge is -2.10. The van der Waals surface area contributed by atoms with Crippen LogP contribution < -0.4 is 9.88 Å².